The van der Waals surface area contributed by atoms with Crippen molar-refractivity contribution >= 4 is 5.91 Å². The van der Waals surface area contributed by atoms with Gasteiger partial charge < -0.3 is 10.1 Å². The summed E-state index contributed by atoms with van der Waals surface area (Å²) in [7, 11) is 0. The van der Waals surface area contributed by atoms with E-state index in [-0.39, 0.29) is 5.91 Å². The summed E-state index contributed by atoms with van der Waals surface area (Å²) in [6, 6.07) is 17.3. The molecule has 3 rings (SSSR count). The second-order valence-electron chi connectivity index (χ2n) is 6.28. The highest BCUT2D eigenvalue weighted by molar-refractivity contribution is 5.94. The van der Waals surface area contributed by atoms with E-state index >= 15 is 0 Å². The monoisotopic (exact) mass is 346 g/mol. The Morgan fingerprint density at radius 1 is 1.00 bits per heavy atom. The van der Waals surface area contributed by atoms with Crippen molar-refractivity contribution in [2.75, 3.05) is 0 Å². The molecule has 0 atom stereocenters. The Morgan fingerprint density at radius 3 is 2.50 bits per heavy atom. The molecule has 26 heavy (non-hydrogen) atoms. The molecule has 1 N–H and O–H groups in total. The number of aromatic nitrogens is 1. The summed E-state index contributed by atoms with van der Waals surface area (Å²) in [4.78, 5) is 16.3. The van der Waals surface area contributed by atoms with Crippen molar-refractivity contribution in [3.05, 3.63) is 94.8 Å². The van der Waals surface area contributed by atoms with Crippen LogP contribution in [0, 0.1) is 13.8 Å². The second kappa shape index (κ2) is 8.30. The van der Waals surface area contributed by atoms with Gasteiger partial charge in [-0.1, -0.05) is 24.3 Å². The van der Waals surface area contributed by atoms with E-state index in [4.69, 9.17) is 4.74 Å². The first-order valence-electron chi connectivity index (χ1n) is 8.58. The Labute approximate surface area is 153 Å². The van der Waals surface area contributed by atoms with Crippen LogP contribution < -0.4 is 10.1 Å². The Kier molecular flexibility index (Phi) is 5.64. The van der Waals surface area contributed by atoms with Crippen LogP contribution in [-0.4, -0.2) is 10.9 Å². The summed E-state index contributed by atoms with van der Waals surface area (Å²) >= 11 is 0. The molecule has 0 aliphatic carbocycles. The zero-order valence-electron chi connectivity index (χ0n) is 15.0. The summed E-state index contributed by atoms with van der Waals surface area (Å²) in [6.45, 7) is 5.01. The molecule has 0 radical (unpaired) electrons. The third kappa shape index (κ3) is 4.70. The molecule has 3 aromatic rings. The molecule has 1 aromatic heterocycles. The molecule has 0 aliphatic rings. The number of amides is 1. The molecule has 4 nitrogen and oxygen atoms in total. The Bertz CT molecular complexity index is 874. The van der Waals surface area contributed by atoms with Gasteiger partial charge in [-0.05, 0) is 60.9 Å². The van der Waals surface area contributed by atoms with Gasteiger partial charge in [0.25, 0.3) is 5.91 Å². The van der Waals surface area contributed by atoms with Gasteiger partial charge in [-0.3, -0.25) is 9.78 Å². The van der Waals surface area contributed by atoms with Gasteiger partial charge in [0.05, 0.1) is 0 Å². The lowest BCUT2D eigenvalue weighted by Crippen LogP contribution is -2.22. The van der Waals surface area contributed by atoms with Crippen molar-refractivity contribution in [2.24, 2.45) is 0 Å². The maximum atomic E-state index is 12.3. The van der Waals surface area contributed by atoms with Gasteiger partial charge >= 0.3 is 0 Å². The van der Waals surface area contributed by atoms with Crippen molar-refractivity contribution in [1.29, 1.82) is 0 Å². The summed E-state index contributed by atoms with van der Waals surface area (Å²) < 4.78 is 5.74. The Morgan fingerprint density at radius 2 is 1.81 bits per heavy atom. The summed E-state index contributed by atoms with van der Waals surface area (Å²) in [6.07, 6.45) is 3.53. The first kappa shape index (κ1) is 17.7. The first-order chi connectivity index (χ1) is 12.6. The fourth-order valence-electron chi connectivity index (χ4n) is 2.52. The van der Waals surface area contributed by atoms with Gasteiger partial charge in [0.15, 0.2) is 0 Å². The molecular formula is C22H22N2O2. The number of pyridine rings is 1. The van der Waals surface area contributed by atoms with Gasteiger partial charge in [0, 0.05) is 30.1 Å². The van der Waals surface area contributed by atoms with E-state index in [1.807, 2.05) is 68.4 Å². The van der Waals surface area contributed by atoms with Crippen molar-refractivity contribution < 1.29 is 9.53 Å². The van der Waals surface area contributed by atoms with Crippen LogP contribution in [0.15, 0.2) is 67.0 Å². The van der Waals surface area contributed by atoms with Crippen LogP contribution in [0.4, 0.5) is 0 Å². The van der Waals surface area contributed by atoms with Gasteiger partial charge in [-0.2, -0.15) is 0 Å². The number of carbonyl (C=O) groups is 1. The smallest absolute Gasteiger partial charge is 0.251 e. The van der Waals surface area contributed by atoms with Crippen molar-refractivity contribution in [3.8, 4) is 5.75 Å². The minimum atomic E-state index is -0.0648. The number of aryl methyl sites for hydroxylation is 2. The molecular weight excluding hydrogens is 324 g/mol. The number of hydrogen-bond acceptors (Lipinski definition) is 3. The van der Waals surface area contributed by atoms with E-state index in [1.165, 1.54) is 5.56 Å². The average Bonchev–Trinajstić information content (AvgIpc) is 2.68. The predicted molar refractivity (Wildman–Crippen MR) is 102 cm³/mol. The number of benzene rings is 2. The van der Waals surface area contributed by atoms with Crippen LogP contribution in [0.1, 0.15) is 32.6 Å². The van der Waals surface area contributed by atoms with Crippen LogP contribution in [0.3, 0.4) is 0 Å². The minimum Gasteiger partial charge on any atom is -0.489 e. The maximum Gasteiger partial charge on any atom is 0.251 e. The molecule has 1 heterocycles. The zero-order chi connectivity index (χ0) is 18.4. The van der Waals surface area contributed by atoms with Crippen LogP contribution in [0.2, 0.25) is 0 Å². The van der Waals surface area contributed by atoms with Crippen LogP contribution in [-0.2, 0) is 13.2 Å². The largest absolute Gasteiger partial charge is 0.489 e. The maximum absolute atomic E-state index is 12.3. The van der Waals surface area contributed by atoms with Crippen molar-refractivity contribution in [2.45, 2.75) is 27.0 Å². The lowest BCUT2D eigenvalue weighted by molar-refractivity contribution is 0.0951. The zero-order valence-corrected chi connectivity index (χ0v) is 15.0. The lowest BCUT2D eigenvalue weighted by atomic mass is 10.1. The van der Waals surface area contributed by atoms with E-state index < -0.39 is 0 Å². The third-order valence-corrected chi connectivity index (χ3v) is 4.27. The lowest BCUT2D eigenvalue weighted by Gasteiger charge is -2.09. The molecule has 2 aromatic carbocycles. The van der Waals surface area contributed by atoms with Crippen LogP contribution in [0.25, 0.3) is 0 Å². The molecule has 0 spiro atoms. The first-order valence-corrected chi connectivity index (χ1v) is 8.58. The molecule has 0 bridgehead atoms. The number of carbonyl (C=O) groups excluding carboxylic acids is 1. The van der Waals surface area contributed by atoms with E-state index in [2.05, 4.69) is 10.3 Å². The molecule has 4 heteroatoms. The molecule has 0 unspecified atom stereocenters. The Hall–Kier alpha value is -3.14. The minimum absolute atomic E-state index is 0.0648. The van der Waals surface area contributed by atoms with E-state index in [0.29, 0.717) is 18.7 Å². The van der Waals surface area contributed by atoms with Crippen molar-refractivity contribution in [3.63, 3.8) is 0 Å². The molecule has 0 saturated carbocycles. The van der Waals surface area contributed by atoms with E-state index in [1.54, 1.807) is 12.4 Å². The molecule has 1 amide bonds. The predicted octanol–water partition coefficient (Wildman–Crippen LogP) is 4.21. The highest BCUT2D eigenvalue weighted by Crippen LogP contribution is 2.14. The fraction of sp³-hybridized carbons (Fsp3) is 0.182. The van der Waals surface area contributed by atoms with Crippen LogP contribution >= 0.6 is 0 Å². The normalized spacial score (nSPS) is 10.4. The summed E-state index contributed by atoms with van der Waals surface area (Å²) in [5.41, 5.74) is 5.04. The number of rotatable bonds is 6. The molecule has 0 saturated heterocycles. The number of nitrogens with one attached hydrogen (secondary N) is 1. The van der Waals surface area contributed by atoms with Gasteiger partial charge in [0.1, 0.15) is 12.4 Å². The van der Waals surface area contributed by atoms with Gasteiger partial charge in [-0.15, -0.1) is 0 Å². The quantitative estimate of drug-likeness (QED) is 0.727. The highest BCUT2D eigenvalue weighted by atomic mass is 16.5. The third-order valence-electron chi connectivity index (χ3n) is 4.27. The van der Waals surface area contributed by atoms with Gasteiger partial charge in [-0.25, -0.2) is 0 Å². The average molecular weight is 346 g/mol. The topological polar surface area (TPSA) is 51.2 Å². The molecule has 0 fully saturated rings. The molecule has 132 valence electrons. The van der Waals surface area contributed by atoms with Crippen molar-refractivity contribution in [1.82, 2.24) is 10.3 Å². The Balaban J connectivity index is 1.52. The number of hydrogen-bond donors (Lipinski definition) is 1. The highest BCUT2D eigenvalue weighted by Gasteiger charge is 2.06. The number of nitrogens with zero attached hydrogens (tertiary/aromatic N) is 1. The second-order valence-corrected chi connectivity index (χ2v) is 6.28. The molecule has 0 aliphatic heterocycles. The van der Waals surface area contributed by atoms with Crippen LogP contribution in [0.5, 0.6) is 5.75 Å². The van der Waals surface area contributed by atoms with E-state index in [9.17, 15) is 4.79 Å². The summed E-state index contributed by atoms with van der Waals surface area (Å²) in [5.74, 6) is 0.725. The standard InChI is InChI=1S/C22H22N2O2/c1-16-5-8-20(12-17(16)2)22(25)24-14-18-6-9-21(10-7-18)26-15-19-4-3-11-23-13-19/h3-13H,14-15H2,1-2H3,(H,24,25). The fourth-order valence-corrected chi connectivity index (χ4v) is 2.52. The van der Waals surface area contributed by atoms with Gasteiger partial charge in [0.2, 0.25) is 0 Å². The summed E-state index contributed by atoms with van der Waals surface area (Å²) in [5, 5.41) is 2.95. The van der Waals surface area contributed by atoms with E-state index in [0.717, 1.165) is 22.4 Å². The SMILES string of the molecule is Cc1ccc(C(=O)NCc2ccc(OCc3cccnc3)cc2)cc1C. The number of ether oxygens (including phenoxy) is 1.